The third-order valence-corrected chi connectivity index (χ3v) is 4.58. The summed E-state index contributed by atoms with van der Waals surface area (Å²) in [5, 5.41) is 7.86. The molecule has 0 radical (unpaired) electrons. The van der Waals surface area contributed by atoms with Crippen molar-refractivity contribution in [2.45, 2.75) is 45.6 Å². The molecule has 0 bridgehead atoms. The number of hydrogen-bond donors (Lipinski definition) is 3. The van der Waals surface area contributed by atoms with Gasteiger partial charge in [0.2, 0.25) is 5.91 Å². The third kappa shape index (κ3) is 7.88. The monoisotopic (exact) mass is 436 g/mol. The summed E-state index contributed by atoms with van der Waals surface area (Å²) < 4.78 is 5.12. The molecule has 4 N–H and O–H groups in total. The first-order chi connectivity index (χ1) is 12.0. The Morgan fingerprint density at radius 3 is 2.70 bits per heavy atom. The predicted molar refractivity (Wildman–Crippen MR) is 112 cm³/mol. The fourth-order valence-corrected chi connectivity index (χ4v) is 3.08. The van der Waals surface area contributed by atoms with Crippen LogP contribution >= 0.6 is 36.2 Å². The highest BCUT2D eigenvalue weighted by molar-refractivity contribution is 7.14. The first kappa shape index (κ1) is 25.4. The Balaban J connectivity index is 0.00000338. The van der Waals surface area contributed by atoms with E-state index in [1.807, 2.05) is 0 Å². The highest BCUT2D eigenvalue weighted by Crippen LogP contribution is 2.18. The number of hydrogen-bond acceptors (Lipinski definition) is 6. The topological polar surface area (TPSA) is 110 Å². The van der Waals surface area contributed by atoms with E-state index < -0.39 is 0 Å². The highest BCUT2D eigenvalue weighted by Gasteiger charge is 2.15. The molecule has 2 amide bonds. The lowest BCUT2D eigenvalue weighted by molar-refractivity contribution is -0.121. The molecule has 0 saturated heterocycles. The third-order valence-electron chi connectivity index (χ3n) is 3.77. The Labute approximate surface area is 175 Å². The summed E-state index contributed by atoms with van der Waals surface area (Å²) in [4.78, 5) is 28.5. The predicted octanol–water partition coefficient (Wildman–Crippen LogP) is 3.32. The Kier molecular flexibility index (Phi) is 12.0. The standard InChI is InChI=1S/C17H24N4O3S.2ClH/c1-3-4-5-12(9-18)19-15(22)8-13-10-25-17(20-13)21-16(23)14-6-7-24-11(14)2;;/h6-7,10,12H,3-5,8-9,18H2,1-2H3,(H,19,22)(H,20,21,23);2*1H. The number of carbonyl (C=O) groups is 2. The molecule has 10 heteroatoms. The second kappa shape index (κ2) is 12.7. The average Bonchev–Trinajstić information content (AvgIpc) is 3.20. The second-order valence-electron chi connectivity index (χ2n) is 5.81. The summed E-state index contributed by atoms with van der Waals surface area (Å²) in [6.07, 6.45) is 4.61. The summed E-state index contributed by atoms with van der Waals surface area (Å²) >= 11 is 1.28. The van der Waals surface area contributed by atoms with Gasteiger partial charge in [0.05, 0.1) is 23.9 Å². The van der Waals surface area contributed by atoms with Crippen molar-refractivity contribution in [2.24, 2.45) is 5.73 Å². The van der Waals surface area contributed by atoms with Crippen molar-refractivity contribution in [3.8, 4) is 0 Å². The molecule has 27 heavy (non-hydrogen) atoms. The van der Waals surface area contributed by atoms with E-state index in [-0.39, 0.29) is 49.1 Å². The average molecular weight is 437 g/mol. The number of nitrogens with zero attached hydrogens (tertiary/aromatic N) is 1. The van der Waals surface area contributed by atoms with Crippen molar-refractivity contribution in [1.82, 2.24) is 10.3 Å². The van der Waals surface area contributed by atoms with Gasteiger partial charge in [-0.1, -0.05) is 19.8 Å². The number of unbranched alkanes of at least 4 members (excludes halogenated alkanes) is 1. The van der Waals surface area contributed by atoms with Gasteiger partial charge in [0.1, 0.15) is 5.76 Å². The van der Waals surface area contributed by atoms with Crippen LogP contribution in [0.4, 0.5) is 5.13 Å². The molecule has 2 aromatic rings. The molecule has 0 spiro atoms. The Hall–Kier alpha value is -1.61. The lowest BCUT2D eigenvalue weighted by Crippen LogP contribution is -2.40. The molecule has 1 atom stereocenters. The molecule has 0 aliphatic rings. The zero-order chi connectivity index (χ0) is 18.2. The molecule has 7 nitrogen and oxygen atoms in total. The van der Waals surface area contributed by atoms with E-state index >= 15 is 0 Å². The highest BCUT2D eigenvalue weighted by atomic mass is 35.5. The first-order valence-electron chi connectivity index (χ1n) is 8.32. The molecular weight excluding hydrogens is 411 g/mol. The van der Waals surface area contributed by atoms with Crippen LogP contribution in [0.3, 0.4) is 0 Å². The Bertz CT molecular complexity index is 721. The number of nitrogens with one attached hydrogen (secondary N) is 2. The zero-order valence-corrected chi connectivity index (χ0v) is 17.8. The second-order valence-corrected chi connectivity index (χ2v) is 6.67. The lowest BCUT2D eigenvalue weighted by Gasteiger charge is -2.15. The van der Waals surface area contributed by atoms with Crippen molar-refractivity contribution >= 4 is 53.1 Å². The van der Waals surface area contributed by atoms with E-state index in [2.05, 4.69) is 22.5 Å². The summed E-state index contributed by atoms with van der Waals surface area (Å²) in [5.74, 6) is 0.160. The van der Waals surface area contributed by atoms with E-state index in [0.29, 0.717) is 28.7 Å². The van der Waals surface area contributed by atoms with Crippen molar-refractivity contribution in [1.29, 1.82) is 0 Å². The van der Waals surface area contributed by atoms with Gasteiger partial charge in [0.15, 0.2) is 5.13 Å². The number of aryl methyl sites for hydroxylation is 1. The molecule has 0 fully saturated rings. The zero-order valence-electron chi connectivity index (χ0n) is 15.3. The SMILES string of the molecule is CCCCC(CN)NC(=O)Cc1csc(NC(=O)c2ccoc2C)n1.Cl.Cl. The molecule has 0 aliphatic carbocycles. The molecule has 0 aromatic carbocycles. The number of carbonyl (C=O) groups excluding carboxylic acids is 2. The van der Waals surface area contributed by atoms with E-state index in [1.165, 1.54) is 17.6 Å². The number of nitrogens with two attached hydrogens (primary N) is 1. The lowest BCUT2D eigenvalue weighted by atomic mass is 10.1. The van der Waals surface area contributed by atoms with Crippen molar-refractivity contribution in [2.75, 3.05) is 11.9 Å². The fourth-order valence-electron chi connectivity index (χ4n) is 2.37. The molecule has 0 aliphatic heterocycles. The minimum absolute atomic E-state index is 0. The van der Waals surface area contributed by atoms with Crippen molar-refractivity contribution in [3.63, 3.8) is 0 Å². The number of furan rings is 1. The van der Waals surface area contributed by atoms with Crippen LogP contribution in [0.15, 0.2) is 22.1 Å². The first-order valence-corrected chi connectivity index (χ1v) is 9.20. The smallest absolute Gasteiger partial charge is 0.260 e. The van der Waals surface area contributed by atoms with Crippen LogP contribution < -0.4 is 16.4 Å². The molecular formula is C17H26Cl2N4O3S. The van der Waals surface area contributed by atoms with Gasteiger partial charge in [0.25, 0.3) is 5.91 Å². The van der Waals surface area contributed by atoms with Gasteiger partial charge in [-0.25, -0.2) is 4.98 Å². The van der Waals surface area contributed by atoms with Gasteiger partial charge < -0.3 is 15.5 Å². The number of amides is 2. The quantitative estimate of drug-likeness (QED) is 0.558. The number of thiazole rings is 1. The van der Waals surface area contributed by atoms with E-state index in [0.717, 1.165) is 19.3 Å². The normalized spacial score (nSPS) is 11.1. The summed E-state index contributed by atoms with van der Waals surface area (Å²) in [6, 6.07) is 1.60. The van der Waals surface area contributed by atoms with Crippen LogP contribution in [0, 0.1) is 6.92 Å². The maximum Gasteiger partial charge on any atom is 0.260 e. The minimum atomic E-state index is -0.278. The van der Waals surface area contributed by atoms with E-state index in [1.54, 1.807) is 18.4 Å². The van der Waals surface area contributed by atoms with Gasteiger partial charge in [-0.3, -0.25) is 14.9 Å². The number of aromatic nitrogens is 1. The molecule has 1 unspecified atom stereocenters. The van der Waals surface area contributed by atoms with Gasteiger partial charge in [0, 0.05) is 18.0 Å². The fraction of sp³-hybridized carbons (Fsp3) is 0.471. The summed E-state index contributed by atoms with van der Waals surface area (Å²) in [7, 11) is 0. The Morgan fingerprint density at radius 2 is 2.11 bits per heavy atom. The van der Waals surface area contributed by atoms with Crippen molar-refractivity contribution in [3.05, 3.63) is 34.7 Å². The van der Waals surface area contributed by atoms with E-state index in [9.17, 15) is 9.59 Å². The summed E-state index contributed by atoms with van der Waals surface area (Å²) in [6.45, 7) is 4.25. The van der Waals surface area contributed by atoms with Gasteiger partial charge in [-0.05, 0) is 19.4 Å². The Morgan fingerprint density at radius 1 is 1.37 bits per heavy atom. The van der Waals surface area contributed by atoms with E-state index in [4.69, 9.17) is 10.2 Å². The van der Waals surface area contributed by atoms with Crippen LogP contribution in [-0.4, -0.2) is 29.4 Å². The van der Waals surface area contributed by atoms with Crippen LogP contribution in [-0.2, 0) is 11.2 Å². The van der Waals surface area contributed by atoms with Gasteiger partial charge in [-0.15, -0.1) is 36.2 Å². The molecule has 0 saturated carbocycles. The molecule has 2 rings (SSSR count). The maximum absolute atomic E-state index is 12.1. The van der Waals surface area contributed by atoms with Crippen LogP contribution in [0.5, 0.6) is 0 Å². The van der Waals surface area contributed by atoms with Gasteiger partial charge in [-0.2, -0.15) is 0 Å². The molecule has 2 heterocycles. The maximum atomic E-state index is 12.1. The largest absolute Gasteiger partial charge is 0.469 e. The van der Waals surface area contributed by atoms with Crippen molar-refractivity contribution < 1.29 is 14.0 Å². The molecule has 2 aromatic heterocycles. The van der Waals surface area contributed by atoms with Crippen LogP contribution in [0.2, 0.25) is 0 Å². The number of anilines is 1. The van der Waals surface area contributed by atoms with Crippen LogP contribution in [0.25, 0.3) is 0 Å². The van der Waals surface area contributed by atoms with Crippen LogP contribution in [0.1, 0.15) is 48.0 Å². The number of rotatable bonds is 9. The minimum Gasteiger partial charge on any atom is -0.469 e. The summed E-state index contributed by atoms with van der Waals surface area (Å²) in [5.41, 5.74) is 6.78. The molecule has 152 valence electrons. The van der Waals surface area contributed by atoms with Gasteiger partial charge >= 0.3 is 0 Å². The number of halogens is 2.